The van der Waals surface area contributed by atoms with Crippen LogP contribution in [-0.2, 0) is 25.5 Å². The van der Waals surface area contributed by atoms with Gasteiger partial charge in [-0.15, -0.1) is 0 Å². The van der Waals surface area contributed by atoms with Gasteiger partial charge in [-0.1, -0.05) is 42.5 Å². The lowest BCUT2D eigenvalue weighted by molar-refractivity contribution is -0.152. The second-order valence-electron chi connectivity index (χ2n) is 6.53. The monoisotopic (exact) mass is 354 g/mol. The largest absolute Gasteiger partial charge is 0.455 e. The van der Waals surface area contributed by atoms with Crippen LogP contribution in [0.25, 0.3) is 10.8 Å². The van der Waals surface area contributed by atoms with E-state index in [-0.39, 0.29) is 30.8 Å². The number of likely N-dealkylation sites (tertiary alicyclic amines) is 1. The van der Waals surface area contributed by atoms with E-state index in [1.165, 1.54) is 0 Å². The molecule has 0 aromatic heterocycles. The number of rotatable bonds is 5. The zero-order valence-electron chi connectivity index (χ0n) is 14.5. The molecule has 0 atom stereocenters. The molecule has 136 valence electrons. The van der Waals surface area contributed by atoms with Crippen LogP contribution in [0.2, 0.25) is 0 Å². The molecule has 0 unspecified atom stereocenters. The lowest BCUT2D eigenvalue weighted by Gasteiger charge is -2.30. The highest BCUT2D eigenvalue weighted by molar-refractivity contribution is 5.89. The van der Waals surface area contributed by atoms with E-state index in [0.717, 1.165) is 16.3 Å². The fourth-order valence-electron chi connectivity index (χ4n) is 3.30. The van der Waals surface area contributed by atoms with Crippen molar-refractivity contribution in [3.63, 3.8) is 0 Å². The zero-order chi connectivity index (χ0) is 18.5. The van der Waals surface area contributed by atoms with Gasteiger partial charge in [0.25, 0.3) is 5.91 Å². The van der Waals surface area contributed by atoms with Crippen molar-refractivity contribution >= 4 is 28.6 Å². The summed E-state index contributed by atoms with van der Waals surface area (Å²) in [5, 5.41) is 2.07. The summed E-state index contributed by atoms with van der Waals surface area (Å²) in [5.74, 6) is -1.16. The van der Waals surface area contributed by atoms with Crippen LogP contribution in [-0.4, -0.2) is 42.4 Å². The smallest absolute Gasteiger partial charge is 0.310 e. The standard InChI is InChI=1S/C20H22N2O4/c21-20(25)15-8-10-22(11-9-15)18(23)13-26-19(24)12-16-6-3-5-14-4-1-2-7-17(14)16/h1-7,15H,8-13H2,(H2,21,25). The number of primary amides is 1. The van der Waals surface area contributed by atoms with Crippen LogP contribution in [0.4, 0.5) is 0 Å². The van der Waals surface area contributed by atoms with E-state index in [1.54, 1.807) is 4.90 Å². The number of amides is 2. The van der Waals surface area contributed by atoms with Crippen molar-refractivity contribution in [2.45, 2.75) is 19.3 Å². The molecule has 2 amide bonds. The number of nitrogens with two attached hydrogens (primary N) is 1. The normalized spacial score (nSPS) is 15.0. The Hall–Kier alpha value is -2.89. The van der Waals surface area contributed by atoms with Gasteiger partial charge in [-0.3, -0.25) is 14.4 Å². The molecule has 2 aromatic rings. The summed E-state index contributed by atoms with van der Waals surface area (Å²) < 4.78 is 5.16. The topological polar surface area (TPSA) is 89.7 Å². The van der Waals surface area contributed by atoms with E-state index >= 15 is 0 Å². The first-order valence-corrected chi connectivity index (χ1v) is 8.74. The molecule has 1 fully saturated rings. The molecule has 26 heavy (non-hydrogen) atoms. The Labute approximate surface area is 151 Å². The van der Waals surface area contributed by atoms with Crippen molar-refractivity contribution in [3.05, 3.63) is 48.0 Å². The first kappa shape index (κ1) is 17.9. The Morgan fingerprint density at radius 3 is 2.46 bits per heavy atom. The predicted molar refractivity (Wildman–Crippen MR) is 97.1 cm³/mol. The lowest BCUT2D eigenvalue weighted by Crippen LogP contribution is -2.43. The molecular weight excluding hydrogens is 332 g/mol. The zero-order valence-corrected chi connectivity index (χ0v) is 14.5. The molecule has 0 aliphatic carbocycles. The van der Waals surface area contributed by atoms with Crippen LogP contribution < -0.4 is 5.73 Å². The third kappa shape index (κ3) is 4.20. The van der Waals surface area contributed by atoms with Gasteiger partial charge in [-0.05, 0) is 29.2 Å². The number of carbonyl (C=O) groups excluding carboxylic acids is 3. The summed E-state index contributed by atoms with van der Waals surface area (Å²) >= 11 is 0. The van der Waals surface area contributed by atoms with Gasteiger partial charge < -0.3 is 15.4 Å². The van der Waals surface area contributed by atoms with Gasteiger partial charge in [-0.25, -0.2) is 0 Å². The molecule has 0 radical (unpaired) electrons. The second kappa shape index (κ2) is 7.99. The molecule has 2 N–H and O–H groups in total. The fourth-order valence-corrected chi connectivity index (χ4v) is 3.30. The Bertz CT molecular complexity index is 820. The summed E-state index contributed by atoms with van der Waals surface area (Å²) in [6.45, 7) is 0.658. The summed E-state index contributed by atoms with van der Waals surface area (Å²) in [6, 6.07) is 13.6. The van der Waals surface area contributed by atoms with Crippen LogP contribution in [0.1, 0.15) is 18.4 Å². The Morgan fingerprint density at radius 1 is 1.04 bits per heavy atom. The maximum absolute atomic E-state index is 12.2. The molecule has 6 nitrogen and oxygen atoms in total. The van der Waals surface area contributed by atoms with Gasteiger partial charge >= 0.3 is 5.97 Å². The molecule has 0 saturated carbocycles. The van der Waals surface area contributed by atoms with Crippen molar-refractivity contribution in [2.24, 2.45) is 11.7 Å². The van der Waals surface area contributed by atoms with E-state index in [1.807, 2.05) is 42.5 Å². The van der Waals surface area contributed by atoms with E-state index in [0.29, 0.717) is 25.9 Å². The summed E-state index contributed by atoms with van der Waals surface area (Å²) in [6.07, 6.45) is 1.24. The third-order valence-corrected chi connectivity index (χ3v) is 4.82. The highest BCUT2D eigenvalue weighted by Crippen LogP contribution is 2.19. The number of ether oxygens (including phenoxy) is 1. The van der Waals surface area contributed by atoms with E-state index in [9.17, 15) is 14.4 Å². The van der Waals surface area contributed by atoms with Crippen LogP contribution in [0.15, 0.2) is 42.5 Å². The van der Waals surface area contributed by atoms with Crippen molar-refractivity contribution in [3.8, 4) is 0 Å². The minimum atomic E-state index is -0.429. The Morgan fingerprint density at radius 2 is 1.73 bits per heavy atom. The quantitative estimate of drug-likeness (QED) is 0.827. The Kier molecular flexibility index (Phi) is 5.51. The molecule has 1 heterocycles. The molecule has 1 aliphatic heterocycles. The molecule has 0 bridgehead atoms. The lowest BCUT2D eigenvalue weighted by atomic mass is 9.96. The van der Waals surface area contributed by atoms with Crippen molar-refractivity contribution in [1.82, 2.24) is 4.90 Å². The predicted octanol–water partition coefficient (Wildman–Crippen LogP) is 1.65. The molecular formula is C20H22N2O4. The van der Waals surface area contributed by atoms with Gasteiger partial charge in [0.15, 0.2) is 6.61 Å². The third-order valence-electron chi connectivity index (χ3n) is 4.82. The highest BCUT2D eigenvalue weighted by atomic mass is 16.5. The van der Waals surface area contributed by atoms with Crippen molar-refractivity contribution in [1.29, 1.82) is 0 Å². The van der Waals surface area contributed by atoms with Gasteiger partial charge in [0.2, 0.25) is 5.91 Å². The number of piperidine rings is 1. The van der Waals surface area contributed by atoms with Crippen LogP contribution in [0.3, 0.4) is 0 Å². The summed E-state index contributed by atoms with van der Waals surface area (Å²) in [4.78, 5) is 37.1. The molecule has 1 saturated heterocycles. The van der Waals surface area contributed by atoms with Crippen LogP contribution in [0, 0.1) is 5.92 Å². The van der Waals surface area contributed by atoms with Gasteiger partial charge in [0, 0.05) is 19.0 Å². The van der Waals surface area contributed by atoms with E-state index in [2.05, 4.69) is 0 Å². The Balaban J connectivity index is 1.51. The number of hydrogen-bond donors (Lipinski definition) is 1. The minimum Gasteiger partial charge on any atom is -0.455 e. The first-order chi connectivity index (χ1) is 12.5. The molecule has 1 aliphatic rings. The van der Waals surface area contributed by atoms with E-state index < -0.39 is 5.97 Å². The minimum absolute atomic E-state index is 0.123. The number of nitrogens with zero attached hydrogens (tertiary/aromatic N) is 1. The van der Waals surface area contributed by atoms with Gasteiger partial charge in [0.05, 0.1) is 6.42 Å². The van der Waals surface area contributed by atoms with Crippen LogP contribution in [0.5, 0.6) is 0 Å². The van der Waals surface area contributed by atoms with Crippen molar-refractivity contribution < 1.29 is 19.1 Å². The number of fused-ring (bicyclic) bond motifs is 1. The maximum atomic E-state index is 12.2. The molecule has 3 rings (SSSR count). The SMILES string of the molecule is NC(=O)C1CCN(C(=O)COC(=O)Cc2cccc3ccccc23)CC1. The maximum Gasteiger partial charge on any atom is 0.310 e. The number of carbonyl (C=O) groups is 3. The van der Waals surface area contributed by atoms with Gasteiger partial charge in [-0.2, -0.15) is 0 Å². The summed E-state index contributed by atoms with van der Waals surface area (Å²) in [7, 11) is 0. The average molecular weight is 354 g/mol. The number of hydrogen-bond acceptors (Lipinski definition) is 4. The molecule has 6 heteroatoms. The van der Waals surface area contributed by atoms with E-state index in [4.69, 9.17) is 10.5 Å². The second-order valence-corrected chi connectivity index (χ2v) is 6.53. The van der Waals surface area contributed by atoms with Gasteiger partial charge in [0.1, 0.15) is 0 Å². The van der Waals surface area contributed by atoms with Crippen molar-refractivity contribution in [2.75, 3.05) is 19.7 Å². The first-order valence-electron chi connectivity index (χ1n) is 8.74. The molecule has 0 spiro atoms. The number of benzene rings is 2. The van der Waals surface area contributed by atoms with Crippen LogP contribution >= 0.6 is 0 Å². The fraction of sp³-hybridized carbons (Fsp3) is 0.350. The highest BCUT2D eigenvalue weighted by Gasteiger charge is 2.26. The molecule has 2 aromatic carbocycles. The summed E-state index contributed by atoms with van der Waals surface area (Å²) in [5.41, 5.74) is 6.17. The number of esters is 1. The average Bonchev–Trinajstić information content (AvgIpc) is 2.66.